The molecule has 16 heavy (non-hydrogen) atoms. The molecular weight excluding hydrogens is 204 g/mol. The Morgan fingerprint density at radius 1 is 1.56 bits per heavy atom. The molecule has 0 radical (unpaired) electrons. The van der Waals surface area contributed by atoms with Crippen molar-refractivity contribution in [2.45, 2.75) is 25.3 Å². The van der Waals surface area contributed by atoms with Crippen LogP contribution in [0.2, 0.25) is 0 Å². The lowest BCUT2D eigenvalue weighted by atomic mass is 9.98. The first kappa shape index (κ1) is 8.56. The fourth-order valence-electron chi connectivity index (χ4n) is 3.84. The molecule has 82 valence electrons. The highest BCUT2D eigenvalue weighted by atomic mass is 16.6. The summed E-state index contributed by atoms with van der Waals surface area (Å²) in [6.45, 7) is 3.42. The second-order valence-electron chi connectivity index (χ2n) is 5.37. The summed E-state index contributed by atoms with van der Waals surface area (Å²) in [6, 6.07) is 5.96. The summed E-state index contributed by atoms with van der Waals surface area (Å²) in [5, 5.41) is 10.8. The summed E-state index contributed by atoms with van der Waals surface area (Å²) in [4.78, 5) is 12.9. The molecule has 3 atom stereocenters. The summed E-state index contributed by atoms with van der Waals surface area (Å²) >= 11 is 0. The molecule has 2 fully saturated rings. The molecule has 0 spiro atoms. The normalized spacial score (nSPS) is 37.2. The van der Waals surface area contributed by atoms with E-state index < -0.39 is 0 Å². The van der Waals surface area contributed by atoms with Crippen LogP contribution in [0.3, 0.4) is 0 Å². The van der Waals surface area contributed by atoms with Crippen molar-refractivity contribution in [2.24, 2.45) is 5.41 Å². The SMILES string of the molecule is C[C@]12CCN3c4ccc([N+](=O)[O-])cc4[C@H]1[C@@H]32. The lowest BCUT2D eigenvalue weighted by molar-refractivity contribution is -0.384. The Balaban J connectivity index is 1.89. The van der Waals surface area contributed by atoms with E-state index in [0.717, 1.165) is 6.54 Å². The van der Waals surface area contributed by atoms with E-state index in [2.05, 4.69) is 11.8 Å². The van der Waals surface area contributed by atoms with Gasteiger partial charge in [0, 0.05) is 36.3 Å². The first-order valence-corrected chi connectivity index (χ1v) is 5.68. The molecule has 1 aliphatic carbocycles. The van der Waals surface area contributed by atoms with Crippen LogP contribution >= 0.6 is 0 Å². The number of non-ortho nitro benzene ring substituents is 1. The first-order chi connectivity index (χ1) is 7.63. The van der Waals surface area contributed by atoms with E-state index >= 15 is 0 Å². The number of nitrogens with zero attached hydrogens (tertiary/aromatic N) is 2. The maximum absolute atomic E-state index is 10.8. The van der Waals surface area contributed by atoms with Gasteiger partial charge in [-0.2, -0.15) is 0 Å². The third-order valence-corrected chi connectivity index (χ3v) is 4.69. The van der Waals surface area contributed by atoms with Gasteiger partial charge in [-0.15, -0.1) is 0 Å². The van der Waals surface area contributed by atoms with Crippen molar-refractivity contribution in [2.75, 3.05) is 11.4 Å². The van der Waals surface area contributed by atoms with E-state index in [1.54, 1.807) is 12.1 Å². The van der Waals surface area contributed by atoms with Crippen LogP contribution < -0.4 is 4.90 Å². The maximum Gasteiger partial charge on any atom is 0.269 e. The molecule has 0 bridgehead atoms. The number of nitro benzene ring substituents is 1. The van der Waals surface area contributed by atoms with Gasteiger partial charge in [-0.05, 0) is 23.5 Å². The minimum atomic E-state index is -0.296. The first-order valence-electron chi connectivity index (χ1n) is 5.68. The van der Waals surface area contributed by atoms with Crippen molar-refractivity contribution in [3.05, 3.63) is 33.9 Å². The number of benzene rings is 1. The van der Waals surface area contributed by atoms with E-state index in [4.69, 9.17) is 0 Å². The Labute approximate surface area is 93.0 Å². The average molecular weight is 216 g/mol. The standard InChI is InChI=1S/C12H12N2O2/c1-12-4-5-13-9-3-2-7(14(15)16)6-8(9)10(12)11(12)13/h2-3,6,10-11H,4-5H2,1H3/t10-,11+,12-/m0/s1. The largest absolute Gasteiger partial charge is 0.367 e. The number of rotatable bonds is 1. The van der Waals surface area contributed by atoms with Crippen molar-refractivity contribution in [1.29, 1.82) is 0 Å². The zero-order chi connectivity index (χ0) is 11.1. The van der Waals surface area contributed by atoms with Crippen LogP contribution in [0.15, 0.2) is 18.2 Å². The van der Waals surface area contributed by atoms with Crippen LogP contribution in [0.5, 0.6) is 0 Å². The van der Waals surface area contributed by atoms with E-state index in [-0.39, 0.29) is 10.6 Å². The number of piperidine rings is 1. The Morgan fingerprint density at radius 2 is 2.38 bits per heavy atom. The Hall–Kier alpha value is -1.58. The Morgan fingerprint density at radius 3 is 3.12 bits per heavy atom. The zero-order valence-electron chi connectivity index (χ0n) is 9.01. The van der Waals surface area contributed by atoms with Crippen LogP contribution in [0.25, 0.3) is 0 Å². The van der Waals surface area contributed by atoms with Gasteiger partial charge in [0.05, 0.1) is 4.92 Å². The maximum atomic E-state index is 10.8. The van der Waals surface area contributed by atoms with E-state index in [0.29, 0.717) is 17.4 Å². The number of nitro groups is 1. The van der Waals surface area contributed by atoms with Gasteiger partial charge in [-0.1, -0.05) is 6.92 Å². The number of anilines is 1. The molecule has 0 unspecified atom stereocenters. The molecule has 2 heterocycles. The van der Waals surface area contributed by atoms with E-state index in [1.165, 1.54) is 17.7 Å². The van der Waals surface area contributed by atoms with Crippen LogP contribution in [0.1, 0.15) is 24.8 Å². The number of fused-ring (bicyclic) bond motifs is 4. The van der Waals surface area contributed by atoms with Gasteiger partial charge in [-0.3, -0.25) is 10.1 Å². The highest BCUT2D eigenvalue weighted by Gasteiger charge is 2.71. The third-order valence-electron chi connectivity index (χ3n) is 4.69. The summed E-state index contributed by atoms with van der Waals surface area (Å²) < 4.78 is 0. The van der Waals surface area contributed by atoms with Gasteiger partial charge in [0.15, 0.2) is 0 Å². The molecule has 4 rings (SSSR count). The highest BCUT2D eigenvalue weighted by molar-refractivity contribution is 5.72. The topological polar surface area (TPSA) is 46.4 Å². The molecule has 1 aromatic carbocycles. The molecule has 3 aliphatic rings. The zero-order valence-corrected chi connectivity index (χ0v) is 9.01. The van der Waals surface area contributed by atoms with Gasteiger partial charge in [0.2, 0.25) is 0 Å². The highest BCUT2D eigenvalue weighted by Crippen LogP contribution is 2.73. The lowest BCUT2D eigenvalue weighted by Crippen LogP contribution is -2.19. The van der Waals surface area contributed by atoms with Crippen LogP contribution in [0, 0.1) is 15.5 Å². The van der Waals surface area contributed by atoms with E-state index in [1.807, 2.05) is 6.07 Å². The van der Waals surface area contributed by atoms with Crippen molar-refractivity contribution in [1.82, 2.24) is 0 Å². The molecule has 0 N–H and O–H groups in total. The third kappa shape index (κ3) is 0.720. The second kappa shape index (κ2) is 2.24. The fraction of sp³-hybridized carbons (Fsp3) is 0.500. The Kier molecular flexibility index (Phi) is 1.20. The van der Waals surface area contributed by atoms with Crippen LogP contribution in [-0.2, 0) is 0 Å². The molecule has 1 saturated heterocycles. The average Bonchev–Trinajstić information content (AvgIpc) is 2.60. The quantitative estimate of drug-likeness (QED) is 0.534. The molecule has 1 saturated carbocycles. The lowest BCUT2D eigenvalue weighted by Gasteiger charge is -2.16. The number of hydrogen-bond donors (Lipinski definition) is 0. The molecule has 4 nitrogen and oxygen atoms in total. The second-order valence-corrected chi connectivity index (χ2v) is 5.37. The van der Waals surface area contributed by atoms with Crippen LogP contribution in [-0.4, -0.2) is 17.5 Å². The monoisotopic (exact) mass is 216 g/mol. The molecule has 1 aromatic rings. The van der Waals surface area contributed by atoms with Gasteiger partial charge in [-0.25, -0.2) is 0 Å². The predicted molar refractivity (Wildman–Crippen MR) is 59.7 cm³/mol. The molecule has 2 aliphatic heterocycles. The van der Waals surface area contributed by atoms with Crippen molar-refractivity contribution in [3.8, 4) is 0 Å². The smallest absolute Gasteiger partial charge is 0.269 e. The summed E-state index contributed by atoms with van der Waals surface area (Å²) in [5.41, 5.74) is 3.08. The summed E-state index contributed by atoms with van der Waals surface area (Å²) in [7, 11) is 0. The van der Waals surface area contributed by atoms with Crippen molar-refractivity contribution >= 4 is 11.4 Å². The van der Waals surface area contributed by atoms with Gasteiger partial charge < -0.3 is 4.90 Å². The molecule has 0 amide bonds. The summed E-state index contributed by atoms with van der Waals surface area (Å²) in [6.07, 6.45) is 1.23. The summed E-state index contributed by atoms with van der Waals surface area (Å²) in [5.74, 6) is 0.552. The van der Waals surface area contributed by atoms with Gasteiger partial charge >= 0.3 is 0 Å². The van der Waals surface area contributed by atoms with Gasteiger partial charge in [0.1, 0.15) is 0 Å². The van der Waals surface area contributed by atoms with Gasteiger partial charge in [0.25, 0.3) is 5.69 Å². The fourth-order valence-corrected chi connectivity index (χ4v) is 3.84. The molecule has 0 aromatic heterocycles. The van der Waals surface area contributed by atoms with Crippen LogP contribution in [0.4, 0.5) is 11.4 Å². The minimum Gasteiger partial charge on any atom is -0.367 e. The minimum absolute atomic E-state index is 0.232. The molecular formula is C12H12N2O2. The molecule has 4 heteroatoms. The van der Waals surface area contributed by atoms with Crippen molar-refractivity contribution in [3.63, 3.8) is 0 Å². The van der Waals surface area contributed by atoms with E-state index in [9.17, 15) is 10.1 Å². The number of hydrogen-bond acceptors (Lipinski definition) is 3. The predicted octanol–water partition coefficient (Wildman–Crippen LogP) is 2.29. The van der Waals surface area contributed by atoms with Crippen molar-refractivity contribution < 1.29 is 4.92 Å². The Bertz CT molecular complexity index is 528.